The molecular weight excluding hydrogens is 364 g/mol. The van der Waals surface area contributed by atoms with Gasteiger partial charge >= 0.3 is 0 Å². The number of rotatable bonds is 6. The maximum absolute atomic E-state index is 11.7. The molecule has 0 radical (unpaired) electrons. The average molecular weight is 391 g/mol. The highest BCUT2D eigenvalue weighted by atomic mass is 32.2. The van der Waals surface area contributed by atoms with Crippen molar-refractivity contribution < 1.29 is 13.2 Å². The van der Waals surface area contributed by atoms with Gasteiger partial charge < -0.3 is 14.3 Å². The molecule has 0 aromatic carbocycles. The number of sulfone groups is 1. The van der Waals surface area contributed by atoms with Gasteiger partial charge in [-0.1, -0.05) is 0 Å². The van der Waals surface area contributed by atoms with E-state index < -0.39 is 9.84 Å². The van der Waals surface area contributed by atoms with Crippen molar-refractivity contribution in [3.05, 3.63) is 24.3 Å². The lowest BCUT2D eigenvalue weighted by Gasteiger charge is -2.30. The molecule has 0 amide bonds. The van der Waals surface area contributed by atoms with E-state index in [1.807, 2.05) is 12.3 Å². The number of imidazole rings is 1. The highest BCUT2D eigenvalue weighted by Gasteiger charge is 2.27. The summed E-state index contributed by atoms with van der Waals surface area (Å²) >= 11 is 0. The van der Waals surface area contributed by atoms with Crippen LogP contribution in [0.1, 0.15) is 37.5 Å². The normalized spacial score (nSPS) is 21.3. The fraction of sp³-hybridized carbons (Fsp3) is 0.579. The van der Waals surface area contributed by atoms with Crippen molar-refractivity contribution in [1.29, 1.82) is 0 Å². The van der Waals surface area contributed by atoms with E-state index in [4.69, 9.17) is 9.72 Å². The Hall–Kier alpha value is -1.93. The molecule has 3 heterocycles. The van der Waals surface area contributed by atoms with Crippen LogP contribution in [0.15, 0.2) is 18.5 Å². The van der Waals surface area contributed by atoms with Gasteiger partial charge in [-0.15, -0.1) is 0 Å². The monoisotopic (exact) mass is 390 g/mol. The van der Waals surface area contributed by atoms with Crippen LogP contribution < -0.4 is 0 Å². The zero-order valence-corrected chi connectivity index (χ0v) is 16.6. The Morgan fingerprint density at radius 1 is 1.30 bits per heavy atom. The summed E-state index contributed by atoms with van der Waals surface area (Å²) in [6, 6.07) is 2.36. The predicted molar refractivity (Wildman–Crippen MR) is 106 cm³/mol. The van der Waals surface area contributed by atoms with Crippen LogP contribution in [0, 0.1) is 5.92 Å². The summed E-state index contributed by atoms with van der Waals surface area (Å²) in [4.78, 5) is 12.4. The second-order valence-electron chi connectivity index (χ2n) is 7.64. The van der Waals surface area contributed by atoms with E-state index in [9.17, 15) is 8.42 Å². The van der Waals surface area contributed by atoms with Crippen LogP contribution in [0.25, 0.3) is 22.1 Å². The first-order chi connectivity index (χ1) is 13.0. The third-order valence-electron chi connectivity index (χ3n) is 5.59. The van der Waals surface area contributed by atoms with Crippen molar-refractivity contribution in [3.8, 4) is 0 Å². The van der Waals surface area contributed by atoms with Crippen LogP contribution in [0.3, 0.4) is 0 Å². The summed E-state index contributed by atoms with van der Waals surface area (Å²) in [5.41, 5.74) is 2.75. The third kappa shape index (κ3) is 3.73. The van der Waals surface area contributed by atoms with E-state index in [-0.39, 0.29) is 5.75 Å². The summed E-state index contributed by atoms with van der Waals surface area (Å²) in [7, 11) is -1.29. The Labute approximate surface area is 159 Å². The van der Waals surface area contributed by atoms with Gasteiger partial charge in [-0.3, -0.25) is 0 Å². The number of ether oxygens (including phenoxy) is 1. The van der Waals surface area contributed by atoms with Crippen LogP contribution in [0.4, 0.5) is 0 Å². The van der Waals surface area contributed by atoms with Gasteiger partial charge in [0.2, 0.25) is 0 Å². The number of hydrogen-bond acceptors (Lipinski definition) is 5. The number of nitrogens with one attached hydrogen (secondary N) is 1. The van der Waals surface area contributed by atoms with Crippen molar-refractivity contribution in [3.63, 3.8) is 0 Å². The van der Waals surface area contributed by atoms with Gasteiger partial charge in [0.15, 0.2) is 0 Å². The van der Waals surface area contributed by atoms with Crippen molar-refractivity contribution in [2.75, 3.05) is 25.7 Å². The van der Waals surface area contributed by atoms with Crippen LogP contribution >= 0.6 is 0 Å². The van der Waals surface area contributed by atoms with Gasteiger partial charge in [0, 0.05) is 44.0 Å². The Bertz CT molecular complexity index is 1050. The Morgan fingerprint density at radius 3 is 2.78 bits per heavy atom. The minimum atomic E-state index is -3.05. The molecule has 0 bridgehead atoms. The molecule has 27 heavy (non-hydrogen) atoms. The molecular formula is C19H26N4O3S. The third-order valence-corrected chi connectivity index (χ3v) is 6.53. The maximum atomic E-state index is 11.7. The highest BCUT2D eigenvalue weighted by molar-refractivity contribution is 7.90. The molecule has 3 aromatic rings. The highest BCUT2D eigenvalue weighted by Crippen LogP contribution is 2.37. The lowest BCUT2D eigenvalue weighted by molar-refractivity contribution is 0.120. The van der Waals surface area contributed by atoms with Crippen LogP contribution in [0.5, 0.6) is 0 Å². The van der Waals surface area contributed by atoms with Crippen LogP contribution in [-0.4, -0.2) is 53.7 Å². The summed E-state index contributed by atoms with van der Waals surface area (Å²) < 4.78 is 31.1. The van der Waals surface area contributed by atoms with Gasteiger partial charge in [-0.25, -0.2) is 18.4 Å². The first-order valence-electron chi connectivity index (χ1n) is 9.46. The topological polar surface area (TPSA) is 89.9 Å². The molecule has 1 saturated carbocycles. The molecule has 8 heteroatoms. The molecule has 0 saturated heterocycles. The Balaban J connectivity index is 1.76. The minimum Gasteiger partial charge on any atom is -0.384 e. The smallest absolute Gasteiger partial charge is 0.147 e. The molecule has 0 atom stereocenters. The largest absolute Gasteiger partial charge is 0.384 e. The van der Waals surface area contributed by atoms with Gasteiger partial charge in [0.25, 0.3) is 0 Å². The second-order valence-corrected chi connectivity index (χ2v) is 9.90. The fourth-order valence-electron chi connectivity index (χ4n) is 4.29. The van der Waals surface area contributed by atoms with Gasteiger partial charge in [0.05, 0.1) is 17.5 Å². The number of methoxy groups -OCH3 is 1. The number of hydrogen-bond donors (Lipinski definition) is 1. The fourth-order valence-corrected chi connectivity index (χ4v) is 4.85. The molecule has 1 aliphatic carbocycles. The average Bonchev–Trinajstić information content (AvgIpc) is 3.24. The Morgan fingerprint density at radius 2 is 2.07 bits per heavy atom. The summed E-state index contributed by atoms with van der Waals surface area (Å²) in [5.74, 6) is 1.56. The number of nitrogens with zero attached hydrogens (tertiary/aromatic N) is 3. The zero-order chi connectivity index (χ0) is 19.0. The van der Waals surface area contributed by atoms with E-state index >= 15 is 0 Å². The van der Waals surface area contributed by atoms with Crippen LogP contribution in [0.2, 0.25) is 0 Å². The van der Waals surface area contributed by atoms with E-state index in [1.54, 1.807) is 13.3 Å². The van der Waals surface area contributed by atoms with E-state index in [0.717, 1.165) is 60.2 Å². The molecule has 1 fully saturated rings. The summed E-state index contributed by atoms with van der Waals surface area (Å²) in [5, 5.41) is 1.05. The maximum Gasteiger partial charge on any atom is 0.147 e. The number of aromatic nitrogens is 4. The first kappa shape index (κ1) is 18.4. The number of H-pyrrole nitrogens is 1. The molecule has 0 aliphatic heterocycles. The summed E-state index contributed by atoms with van der Waals surface area (Å²) in [6.07, 6.45) is 9.72. The standard InChI is InChI=1S/C19H26N4O3S/c1-26-12-13-3-5-14(6-4-13)23-17(8-10-27(2,24)25)22-16-11-21-19-15(18(16)23)7-9-20-19/h7,9,11,13-14H,3-6,8,10,12H2,1-2H3,(H,20,21). The molecule has 146 valence electrons. The molecule has 7 nitrogen and oxygen atoms in total. The predicted octanol–water partition coefficient (Wildman–Crippen LogP) is 2.88. The van der Waals surface area contributed by atoms with Crippen molar-refractivity contribution in [1.82, 2.24) is 19.5 Å². The van der Waals surface area contributed by atoms with Gasteiger partial charge in [-0.05, 0) is 37.7 Å². The lowest BCUT2D eigenvalue weighted by atomic mass is 9.86. The number of aryl methyl sites for hydroxylation is 1. The summed E-state index contributed by atoms with van der Waals surface area (Å²) in [6.45, 7) is 0.810. The molecule has 3 aromatic heterocycles. The van der Waals surface area contributed by atoms with Gasteiger partial charge in [-0.2, -0.15) is 0 Å². The minimum absolute atomic E-state index is 0.110. The van der Waals surface area contributed by atoms with Crippen molar-refractivity contribution in [2.24, 2.45) is 5.92 Å². The quantitative estimate of drug-likeness (QED) is 0.699. The number of fused-ring (bicyclic) bond motifs is 3. The Kier molecular flexibility index (Phi) is 4.94. The van der Waals surface area contributed by atoms with Gasteiger partial charge in [0.1, 0.15) is 26.8 Å². The number of pyridine rings is 1. The first-order valence-corrected chi connectivity index (χ1v) is 11.5. The SMILES string of the molecule is COCC1CCC(n2c(CCS(C)(=O)=O)nc3cnc4[nH]ccc4c32)CC1. The lowest BCUT2D eigenvalue weighted by Crippen LogP contribution is -2.23. The molecule has 0 unspecified atom stereocenters. The zero-order valence-electron chi connectivity index (χ0n) is 15.8. The van der Waals surface area contributed by atoms with Crippen molar-refractivity contribution in [2.45, 2.75) is 38.1 Å². The molecule has 1 N–H and O–H groups in total. The van der Waals surface area contributed by atoms with Crippen LogP contribution in [-0.2, 0) is 21.0 Å². The van der Waals surface area contributed by atoms with Crippen molar-refractivity contribution >= 4 is 31.9 Å². The van der Waals surface area contributed by atoms with E-state index in [1.165, 1.54) is 6.26 Å². The molecule has 0 spiro atoms. The van der Waals surface area contributed by atoms with E-state index in [2.05, 4.69) is 14.5 Å². The second kappa shape index (κ2) is 7.24. The van der Waals surface area contributed by atoms with E-state index in [0.29, 0.717) is 18.4 Å². The molecule has 1 aliphatic rings. The number of aromatic amines is 1. The molecule has 4 rings (SSSR count).